The monoisotopic (exact) mass is 299 g/mol. The van der Waals surface area contributed by atoms with Gasteiger partial charge in [-0.15, -0.1) is 0 Å². The number of halogens is 1. The Morgan fingerprint density at radius 1 is 1.45 bits per heavy atom. The fourth-order valence-corrected chi connectivity index (χ4v) is 1.73. The zero-order valence-electron chi connectivity index (χ0n) is 11.5. The topological polar surface area (TPSA) is 84.3 Å². The van der Waals surface area contributed by atoms with Gasteiger partial charge in [-0.1, -0.05) is 25.4 Å². The molecule has 7 heteroatoms. The number of carbonyl (C=O) groups excluding carboxylic acids is 1. The molecule has 0 bridgehead atoms. The van der Waals surface area contributed by atoms with Crippen LogP contribution < -0.4 is 10.6 Å². The first-order valence-corrected chi connectivity index (χ1v) is 6.68. The third-order valence-corrected chi connectivity index (χ3v) is 2.91. The van der Waals surface area contributed by atoms with Gasteiger partial charge in [-0.2, -0.15) is 0 Å². The molecule has 0 spiro atoms. The van der Waals surface area contributed by atoms with Gasteiger partial charge in [-0.3, -0.25) is 14.9 Å². The molecule has 1 aromatic carbocycles. The maximum Gasteiger partial charge on any atom is 0.270 e. The predicted molar refractivity (Wildman–Crippen MR) is 77.7 cm³/mol. The number of hydrogen-bond donors (Lipinski definition) is 2. The van der Waals surface area contributed by atoms with E-state index in [4.69, 9.17) is 11.6 Å². The minimum Gasteiger partial charge on any atom is -0.355 e. The summed E-state index contributed by atoms with van der Waals surface area (Å²) in [4.78, 5) is 21.5. The van der Waals surface area contributed by atoms with Crippen LogP contribution in [0.1, 0.15) is 19.4 Å². The van der Waals surface area contributed by atoms with Crippen LogP contribution in [0.2, 0.25) is 5.02 Å². The molecule has 0 radical (unpaired) electrons. The molecule has 6 nitrogen and oxygen atoms in total. The van der Waals surface area contributed by atoms with Gasteiger partial charge in [0.15, 0.2) is 0 Å². The average Bonchev–Trinajstić information content (AvgIpc) is 2.38. The summed E-state index contributed by atoms with van der Waals surface area (Å²) >= 11 is 5.95. The van der Waals surface area contributed by atoms with Gasteiger partial charge in [0.1, 0.15) is 0 Å². The molecule has 20 heavy (non-hydrogen) atoms. The van der Waals surface area contributed by atoms with Gasteiger partial charge >= 0.3 is 0 Å². The van der Waals surface area contributed by atoms with Crippen molar-refractivity contribution in [1.29, 1.82) is 0 Å². The first kappa shape index (κ1) is 16.4. The van der Waals surface area contributed by atoms with Crippen molar-refractivity contribution in [2.24, 2.45) is 5.92 Å². The van der Waals surface area contributed by atoms with Crippen LogP contribution in [0, 0.1) is 16.0 Å². The lowest BCUT2D eigenvalue weighted by molar-refractivity contribution is -0.384. The Kier molecular flexibility index (Phi) is 6.41. The van der Waals surface area contributed by atoms with E-state index in [1.807, 2.05) is 13.8 Å². The van der Waals surface area contributed by atoms with Crippen molar-refractivity contribution in [3.8, 4) is 0 Å². The second-order valence-electron chi connectivity index (χ2n) is 4.83. The number of nitro benzene ring substituents is 1. The number of carbonyl (C=O) groups is 1. The van der Waals surface area contributed by atoms with Crippen molar-refractivity contribution in [3.63, 3.8) is 0 Å². The predicted octanol–water partition coefficient (Wildman–Crippen LogP) is 2.11. The number of nitrogens with one attached hydrogen (secondary N) is 2. The van der Waals surface area contributed by atoms with E-state index in [0.717, 1.165) is 0 Å². The van der Waals surface area contributed by atoms with E-state index in [9.17, 15) is 14.9 Å². The Labute approximate surface area is 122 Å². The molecule has 0 aromatic heterocycles. The van der Waals surface area contributed by atoms with E-state index in [2.05, 4.69) is 10.6 Å². The molecule has 1 rings (SSSR count). The second kappa shape index (κ2) is 7.81. The molecule has 0 atom stereocenters. The summed E-state index contributed by atoms with van der Waals surface area (Å²) in [6.45, 7) is 5.24. The Hall–Kier alpha value is -1.66. The summed E-state index contributed by atoms with van der Waals surface area (Å²) in [5, 5.41) is 16.6. The van der Waals surface area contributed by atoms with Crippen LogP contribution in [-0.4, -0.2) is 23.9 Å². The maximum atomic E-state index is 11.5. The zero-order chi connectivity index (χ0) is 15.1. The Morgan fingerprint density at radius 3 is 2.70 bits per heavy atom. The smallest absolute Gasteiger partial charge is 0.270 e. The third kappa shape index (κ3) is 5.54. The molecule has 0 saturated carbocycles. The normalized spacial score (nSPS) is 10.6. The highest BCUT2D eigenvalue weighted by atomic mass is 35.5. The fourth-order valence-electron chi connectivity index (χ4n) is 1.48. The van der Waals surface area contributed by atoms with Crippen molar-refractivity contribution >= 4 is 23.2 Å². The molecule has 1 aromatic rings. The van der Waals surface area contributed by atoms with Crippen molar-refractivity contribution < 1.29 is 9.72 Å². The summed E-state index contributed by atoms with van der Waals surface area (Å²) < 4.78 is 0. The van der Waals surface area contributed by atoms with E-state index < -0.39 is 4.92 Å². The molecular formula is C13H18ClN3O3. The van der Waals surface area contributed by atoms with Gasteiger partial charge in [-0.25, -0.2) is 0 Å². The molecule has 1 amide bonds. The third-order valence-electron chi connectivity index (χ3n) is 2.56. The number of amides is 1. The minimum absolute atomic E-state index is 0.0478. The van der Waals surface area contributed by atoms with Crippen LogP contribution in [0.15, 0.2) is 18.2 Å². The first-order valence-electron chi connectivity index (χ1n) is 6.30. The number of nitrogens with zero attached hydrogens (tertiary/aromatic N) is 1. The lowest BCUT2D eigenvalue weighted by Gasteiger charge is -2.09. The summed E-state index contributed by atoms with van der Waals surface area (Å²) in [6, 6.07) is 4.28. The highest BCUT2D eigenvalue weighted by Crippen LogP contribution is 2.22. The molecule has 0 aliphatic carbocycles. The fraction of sp³-hybridized carbons (Fsp3) is 0.462. The number of rotatable bonds is 7. The number of nitro groups is 1. The van der Waals surface area contributed by atoms with E-state index in [1.165, 1.54) is 12.1 Å². The van der Waals surface area contributed by atoms with Crippen molar-refractivity contribution in [3.05, 3.63) is 38.9 Å². The van der Waals surface area contributed by atoms with Gasteiger partial charge in [0.2, 0.25) is 5.91 Å². The lowest BCUT2D eigenvalue weighted by Crippen LogP contribution is -2.35. The molecular weight excluding hydrogens is 282 g/mol. The molecule has 0 fully saturated rings. The Bertz CT molecular complexity index is 492. The van der Waals surface area contributed by atoms with Crippen LogP contribution in [0.5, 0.6) is 0 Å². The summed E-state index contributed by atoms with van der Waals surface area (Å²) in [5.74, 6) is 0.319. The number of hydrogen-bond acceptors (Lipinski definition) is 4. The largest absolute Gasteiger partial charge is 0.355 e. The van der Waals surface area contributed by atoms with E-state index in [0.29, 0.717) is 29.6 Å². The highest BCUT2D eigenvalue weighted by molar-refractivity contribution is 6.31. The number of non-ortho nitro benzene ring substituents is 1. The van der Waals surface area contributed by atoms with E-state index in [1.54, 1.807) is 6.07 Å². The van der Waals surface area contributed by atoms with Gasteiger partial charge in [0.25, 0.3) is 5.69 Å². The minimum atomic E-state index is -0.498. The number of benzene rings is 1. The van der Waals surface area contributed by atoms with E-state index in [-0.39, 0.29) is 18.1 Å². The molecule has 0 heterocycles. The zero-order valence-corrected chi connectivity index (χ0v) is 12.2. The van der Waals surface area contributed by atoms with E-state index >= 15 is 0 Å². The van der Waals surface area contributed by atoms with Crippen molar-refractivity contribution in [2.75, 3.05) is 13.1 Å². The van der Waals surface area contributed by atoms with Gasteiger partial charge < -0.3 is 10.6 Å². The maximum absolute atomic E-state index is 11.5. The van der Waals surface area contributed by atoms with Crippen LogP contribution >= 0.6 is 11.6 Å². The molecule has 0 aliphatic heterocycles. The standard InChI is InChI=1S/C13H18ClN3O3/c1-9(2)6-16-13(18)8-15-7-10-3-4-11(17(19)20)5-12(10)14/h3-5,9,15H,6-8H2,1-2H3,(H,16,18). The second-order valence-corrected chi connectivity index (χ2v) is 5.24. The first-order chi connectivity index (χ1) is 9.40. The van der Waals surface area contributed by atoms with Gasteiger partial charge in [-0.05, 0) is 17.5 Å². The summed E-state index contributed by atoms with van der Waals surface area (Å²) in [6.07, 6.45) is 0. The molecule has 0 saturated heterocycles. The van der Waals surface area contributed by atoms with Crippen LogP contribution in [0.3, 0.4) is 0 Å². The summed E-state index contributed by atoms with van der Waals surface area (Å²) in [5.41, 5.74) is 0.669. The van der Waals surface area contributed by atoms with Crippen molar-refractivity contribution in [1.82, 2.24) is 10.6 Å². The van der Waals surface area contributed by atoms with Gasteiger partial charge in [0.05, 0.1) is 16.5 Å². The van der Waals surface area contributed by atoms with Crippen LogP contribution in [0.25, 0.3) is 0 Å². The van der Waals surface area contributed by atoms with Gasteiger partial charge in [0, 0.05) is 25.2 Å². The highest BCUT2D eigenvalue weighted by Gasteiger charge is 2.09. The average molecular weight is 300 g/mol. The van der Waals surface area contributed by atoms with Crippen molar-refractivity contribution in [2.45, 2.75) is 20.4 Å². The Balaban J connectivity index is 2.42. The molecule has 110 valence electrons. The lowest BCUT2D eigenvalue weighted by atomic mass is 10.2. The molecule has 2 N–H and O–H groups in total. The molecule has 0 unspecified atom stereocenters. The Morgan fingerprint density at radius 2 is 2.15 bits per heavy atom. The quantitative estimate of drug-likeness (QED) is 0.596. The summed E-state index contributed by atoms with van der Waals surface area (Å²) in [7, 11) is 0. The molecule has 0 aliphatic rings. The van der Waals surface area contributed by atoms with Crippen LogP contribution in [-0.2, 0) is 11.3 Å². The SMILES string of the molecule is CC(C)CNC(=O)CNCc1ccc([N+](=O)[O-])cc1Cl. The van der Waals surface area contributed by atoms with Crippen LogP contribution in [0.4, 0.5) is 5.69 Å².